The average Bonchev–Trinajstić information content (AvgIpc) is 2.57. The molecule has 0 aliphatic carbocycles. The number of amidine groups is 1. The van der Waals surface area contributed by atoms with Crippen molar-refractivity contribution in [2.45, 2.75) is 45.1 Å². The standard InChI is InChI=1S/C10H20N2O/c1-3-10(2,6-8-13)12-9-5-4-7-11-9/h13H,3-8H2,1-2H3,(H,11,12). The van der Waals surface area contributed by atoms with Crippen LogP contribution in [0.2, 0.25) is 0 Å². The predicted molar refractivity (Wildman–Crippen MR) is 55.1 cm³/mol. The molecule has 13 heavy (non-hydrogen) atoms. The van der Waals surface area contributed by atoms with E-state index in [2.05, 4.69) is 24.2 Å². The Hall–Kier alpha value is -0.570. The van der Waals surface area contributed by atoms with Crippen LogP contribution in [0.5, 0.6) is 0 Å². The normalized spacial score (nSPS) is 21.0. The minimum atomic E-state index is 0.0257. The molecule has 0 bridgehead atoms. The first-order valence-electron chi connectivity index (χ1n) is 5.12. The van der Waals surface area contributed by atoms with E-state index in [-0.39, 0.29) is 12.1 Å². The van der Waals surface area contributed by atoms with Gasteiger partial charge in [-0.2, -0.15) is 0 Å². The van der Waals surface area contributed by atoms with Crippen LogP contribution in [0.3, 0.4) is 0 Å². The molecule has 1 heterocycles. The van der Waals surface area contributed by atoms with E-state index in [1.165, 1.54) is 6.42 Å². The van der Waals surface area contributed by atoms with E-state index in [0.29, 0.717) is 0 Å². The van der Waals surface area contributed by atoms with Crippen molar-refractivity contribution in [3.05, 3.63) is 0 Å². The molecule has 1 atom stereocenters. The maximum Gasteiger partial charge on any atom is 0.0967 e. The van der Waals surface area contributed by atoms with Gasteiger partial charge in [0.25, 0.3) is 0 Å². The van der Waals surface area contributed by atoms with Crippen molar-refractivity contribution in [3.8, 4) is 0 Å². The highest BCUT2D eigenvalue weighted by molar-refractivity contribution is 5.84. The summed E-state index contributed by atoms with van der Waals surface area (Å²) in [7, 11) is 0. The van der Waals surface area contributed by atoms with Gasteiger partial charge in [0.1, 0.15) is 0 Å². The number of aliphatic hydroxyl groups is 1. The summed E-state index contributed by atoms with van der Waals surface area (Å²) in [5.74, 6) is 1.12. The fourth-order valence-corrected chi connectivity index (χ4v) is 1.56. The molecule has 1 rings (SSSR count). The summed E-state index contributed by atoms with van der Waals surface area (Å²) < 4.78 is 0. The van der Waals surface area contributed by atoms with Crippen LogP contribution in [0.1, 0.15) is 39.5 Å². The molecule has 0 fully saturated rings. The minimum Gasteiger partial charge on any atom is -0.396 e. The van der Waals surface area contributed by atoms with Crippen molar-refractivity contribution < 1.29 is 5.11 Å². The summed E-state index contributed by atoms with van der Waals surface area (Å²) in [6.07, 6.45) is 4.05. The van der Waals surface area contributed by atoms with Crippen LogP contribution < -0.4 is 5.32 Å². The molecular formula is C10H20N2O. The Balaban J connectivity index is 2.46. The lowest BCUT2D eigenvalue weighted by molar-refractivity contribution is 0.231. The molecule has 2 N–H and O–H groups in total. The fraction of sp³-hybridized carbons (Fsp3) is 0.900. The average molecular weight is 184 g/mol. The highest BCUT2D eigenvalue weighted by atomic mass is 16.3. The zero-order valence-corrected chi connectivity index (χ0v) is 8.64. The van der Waals surface area contributed by atoms with Crippen molar-refractivity contribution in [2.24, 2.45) is 4.99 Å². The van der Waals surface area contributed by atoms with E-state index in [4.69, 9.17) is 5.11 Å². The van der Waals surface area contributed by atoms with E-state index in [0.717, 1.165) is 31.6 Å². The number of aliphatic hydroxyl groups excluding tert-OH is 1. The van der Waals surface area contributed by atoms with E-state index in [1.807, 2.05) is 0 Å². The SMILES string of the molecule is CCC(C)(CCO)NC1=NCCC1. The molecule has 0 aromatic heterocycles. The van der Waals surface area contributed by atoms with Gasteiger partial charge >= 0.3 is 0 Å². The predicted octanol–water partition coefficient (Wildman–Crippen LogP) is 1.32. The van der Waals surface area contributed by atoms with Gasteiger partial charge in [0.15, 0.2) is 0 Å². The zero-order valence-electron chi connectivity index (χ0n) is 8.64. The number of hydrogen-bond donors (Lipinski definition) is 2. The van der Waals surface area contributed by atoms with Crippen LogP contribution in [-0.4, -0.2) is 29.6 Å². The Morgan fingerprint density at radius 3 is 2.85 bits per heavy atom. The lowest BCUT2D eigenvalue weighted by Crippen LogP contribution is -2.45. The van der Waals surface area contributed by atoms with Gasteiger partial charge in [0.05, 0.1) is 5.84 Å². The Kier molecular flexibility index (Phi) is 3.72. The van der Waals surface area contributed by atoms with Crippen molar-refractivity contribution in [1.29, 1.82) is 0 Å². The Bertz CT molecular complexity index is 191. The van der Waals surface area contributed by atoms with Gasteiger partial charge < -0.3 is 10.4 Å². The maximum atomic E-state index is 8.93. The molecule has 0 aromatic rings. The summed E-state index contributed by atoms with van der Waals surface area (Å²) in [5, 5.41) is 12.4. The van der Waals surface area contributed by atoms with Crippen molar-refractivity contribution in [2.75, 3.05) is 13.2 Å². The maximum absolute atomic E-state index is 8.93. The number of nitrogens with zero attached hydrogens (tertiary/aromatic N) is 1. The molecule has 3 nitrogen and oxygen atoms in total. The van der Waals surface area contributed by atoms with E-state index in [1.54, 1.807) is 0 Å². The highest BCUT2D eigenvalue weighted by Gasteiger charge is 2.23. The fourth-order valence-electron chi connectivity index (χ4n) is 1.56. The lowest BCUT2D eigenvalue weighted by atomic mass is 9.94. The summed E-state index contributed by atoms with van der Waals surface area (Å²) in [6.45, 7) is 5.48. The van der Waals surface area contributed by atoms with Crippen molar-refractivity contribution in [3.63, 3.8) is 0 Å². The minimum absolute atomic E-state index is 0.0257. The van der Waals surface area contributed by atoms with Crippen LogP contribution in [0.4, 0.5) is 0 Å². The largest absolute Gasteiger partial charge is 0.396 e. The Morgan fingerprint density at radius 2 is 2.38 bits per heavy atom. The lowest BCUT2D eigenvalue weighted by Gasteiger charge is -2.30. The third kappa shape index (κ3) is 2.99. The molecule has 76 valence electrons. The highest BCUT2D eigenvalue weighted by Crippen LogP contribution is 2.15. The molecule has 1 aliphatic heterocycles. The molecule has 0 saturated carbocycles. The van der Waals surface area contributed by atoms with Crippen LogP contribution in [0.25, 0.3) is 0 Å². The molecule has 3 heteroatoms. The molecule has 0 spiro atoms. The quantitative estimate of drug-likeness (QED) is 0.692. The topological polar surface area (TPSA) is 44.6 Å². The van der Waals surface area contributed by atoms with Crippen molar-refractivity contribution in [1.82, 2.24) is 5.32 Å². The Labute approximate surface area is 80.3 Å². The van der Waals surface area contributed by atoms with Gasteiger partial charge in [-0.1, -0.05) is 6.92 Å². The second-order valence-corrected chi connectivity index (χ2v) is 3.94. The van der Waals surface area contributed by atoms with Gasteiger partial charge in [-0.15, -0.1) is 0 Å². The van der Waals surface area contributed by atoms with Gasteiger partial charge in [0, 0.05) is 25.1 Å². The zero-order chi connectivity index (χ0) is 9.73. The second kappa shape index (κ2) is 4.61. The molecular weight excluding hydrogens is 164 g/mol. The number of hydrogen-bond acceptors (Lipinski definition) is 3. The smallest absolute Gasteiger partial charge is 0.0967 e. The van der Waals surface area contributed by atoms with Crippen LogP contribution in [0.15, 0.2) is 4.99 Å². The number of aliphatic imine (C=N–C) groups is 1. The number of nitrogens with one attached hydrogen (secondary N) is 1. The molecule has 0 aromatic carbocycles. The Morgan fingerprint density at radius 1 is 1.62 bits per heavy atom. The molecule has 1 aliphatic rings. The van der Waals surface area contributed by atoms with Crippen LogP contribution in [0, 0.1) is 0 Å². The van der Waals surface area contributed by atoms with Crippen molar-refractivity contribution >= 4 is 5.84 Å². The summed E-state index contributed by atoms with van der Waals surface area (Å²) in [4.78, 5) is 4.37. The van der Waals surface area contributed by atoms with E-state index < -0.39 is 0 Å². The number of rotatable bonds is 4. The molecule has 0 saturated heterocycles. The second-order valence-electron chi connectivity index (χ2n) is 3.94. The van der Waals surface area contributed by atoms with E-state index in [9.17, 15) is 0 Å². The first-order chi connectivity index (χ1) is 6.20. The van der Waals surface area contributed by atoms with Crippen LogP contribution >= 0.6 is 0 Å². The first kappa shape index (κ1) is 10.5. The van der Waals surface area contributed by atoms with Crippen LogP contribution in [-0.2, 0) is 0 Å². The van der Waals surface area contributed by atoms with Gasteiger partial charge in [-0.05, 0) is 26.2 Å². The summed E-state index contributed by atoms with van der Waals surface area (Å²) in [5.41, 5.74) is 0.0257. The molecule has 0 amide bonds. The van der Waals surface area contributed by atoms with E-state index >= 15 is 0 Å². The third-order valence-electron chi connectivity index (χ3n) is 2.76. The third-order valence-corrected chi connectivity index (χ3v) is 2.76. The molecule has 0 radical (unpaired) electrons. The first-order valence-corrected chi connectivity index (χ1v) is 5.12. The summed E-state index contributed by atoms with van der Waals surface area (Å²) >= 11 is 0. The van der Waals surface area contributed by atoms with Gasteiger partial charge in [0.2, 0.25) is 0 Å². The summed E-state index contributed by atoms with van der Waals surface area (Å²) in [6, 6.07) is 0. The molecule has 1 unspecified atom stereocenters. The van der Waals surface area contributed by atoms with Gasteiger partial charge in [-0.3, -0.25) is 4.99 Å². The van der Waals surface area contributed by atoms with Gasteiger partial charge in [-0.25, -0.2) is 0 Å². The monoisotopic (exact) mass is 184 g/mol.